The van der Waals surface area contributed by atoms with Gasteiger partial charge in [0, 0.05) is 23.4 Å². The van der Waals surface area contributed by atoms with Crippen molar-refractivity contribution in [2.75, 3.05) is 26.3 Å². The Morgan fingerprint density at radius 2 is 2.44 bits per heavy atom. The molecule has 0 aromatic carbocycles. The molecule has 2 aliphatic rings. The molecule has 6 heteroatoms. The van der Waals surface area contributed by atoms with Crippen LogP contribution in [0.1, 0.15) is 19.3 Å². The summed E-state index contributed by atoms with van der Waals surface area (Å²) in [4.78, 5) is 16.3. The molecule has 6 nitrogen and oxygen atoms in total. The second-order valence-corrected chi connectivity index (χ2v) is 4.31. The van der Waals surface area contributed by atoms with E-state index >= 15 is 0 Å². The van der Waals surface area contributed by atoms with Crippen molar-refractivity contribution in [2.24, 2.45) is 11.0 Å². The van der Waals surface area contributed by atoms with E-state index in [4.69, 9.17) is 10.3 Å². The van der Waals surface area contributed by atoms with Crippen LogP contribution in [0.3, 0.4) is 0 Å². The van der Waals surface area contributed by atoms with Crippen molar-refractivity contribution in [1.29, 1.82) is 0 Å². The summed E-state index contributed by atoms with van der Waals surface area (Å²) in [5, 5.41) is 3.34. The molecule has 0 aromatic heterocycles. The third-order valence-electron chi connectivity index (χ3n) is 3.42. The maximum Gasteiger partial charge on any atom is 0.228 e. The summed E-state index contributed by atoms with van der Waals surface area (Å²) in [6, 6.07) is 0.295. The minimum atomic E-state index is -0.0697. The monoisotopic (exact) mass is 224 g/mol. The van der Waals surface area contributed by atoms with Crippen LogP contribution in [-0.4, -0.2) is 43.2 Å². The van der Waals surface area contributed by atoms with Gasteiger partial charge in [-0.05, 0) is 18.4 Å². The largest absolute Gasteiger partial charge is 0.379 e. The smallest absolute Gasteiger partial charge is 0.228 e. The van der Waals surface area contributed by atoms with Crippen LogP contribution in [-0.2, 0) is 9.53 Å². The van der Waals surface area contributed by atoms with Gasteiger partial charge >= 0.3 is 0 Å². The first-order valence-electron chi connectivity index (χ1n) is 5.71. The normalized spacial score (nSPS) is 29.1. The van der Waals surface area contributed by atoms with E-state index in [1.165, 1.54) is 0 Å². The molecular formula is C10H16N4O2. The maximum atomic E-state index is 11.9. The summed E-state index contributed by atoms with van der Waals surface area (Å²) < 4.78 is 5.50. The Kier molecular flexibility index (Phi) is 3.64. The van der Waals surface area contributed by atoms with E-state index in [2.05, 4.69) is 10.0 Å². The Morgan fingerprint density at radius 3 is 3.25 bits per heavy atom. The molecule has 0 bridgehead atoms. The number of nitrogens with zero attached hydrogens (tertiary/aromatic N) is 4. The van der Waals surface area contributed by atoms with Gasteiger partial charge in [0.25, 0.3) is 0 Å². The lowest BCUT2D eigenvalue weighted by atomic mass is 10.0. The fourth-order valence-corrected chi connectivity index (χ4v) is 2.68. The Balaban J connectivity index is 2.05. The number of hydrogen-bond acceptors (Lipinski definition) is 3. The van der Waals surface area contributed by atoms with Crippen molar-refractivity contribution >= 4 is 5.91 Å². The molecule has 0 radical (unpaired) electrons. The Hall–Kier alpha value is -1.26. The minimum absolute atomic E-state index is 0.0693. The summed E-state index contributed by atoms with van der Waals surface area (Å²) in [7, 11) is 0. The average molecular weight is 224 g/mol. The van der Waals surface area contributed by atoms with Crippen molar-refractivity contribution in [3.8, 4) is 0 Å². The highest BCUT2D eigenvalue weighted by Crippen LogP contribution is 2.31. The first kappa shape index (κ1) is 11.2. The van der Waals surface area contributed by atoms with Crippen LogP contribution >= 0.6 is 0 Å². The van der Waals surface area contributed by atoms with Crippen LogP contribution in [0.2, 0.25) is 0 Å². The molecule has 1 saturated heterocycles. The van der Waals surface area contributed by atoms with Gasteiger partial charge in [-0.15, -0.1) is 0 Å². The van der Waals surface area contributed by atoms with Crippen LogP contribution < -0.4 is 0 Å². The lowest BCUT2D eigenvalue weighted by Gasteiger charge is -2.29. The summed E-state index contributed by atoms with van der Waals surface area (Å²) in [6.45, 7) is 1.91. The van der Waals surface area contributed by atoms with E-state index in [1.807, 2.05) is 4.90 Å². The van der Waals surface area contributed by atoms with Gasteiger partial charge in [-0.25, -0.2) is 0 Å². The van der Waals surface area contributed by atoms with Crippen LogP contribution in [0.4, 0.5) is 0 Å². The number of carbonyl (C=O) groups is 1. The van der Waals surface area contributed by atoms with E-state index in [-0.39, 0.29) is 12.5 Å². The predicted octanol–water partition coefficient (Wildman–Crippen LogP) is 1.32. The first-order valence-corrected chi connectivity index (χ1v) is 5.71. The zero-order valence-electron chi connectivity index (χ0n) is 9.21. The average Bonchev–Trinajstić information content (AvgIpc) is 2.66. The van der Waals surface area contributed by atoms with E-state index in [0.717, 1.165) is 25.9 Å². The molecule has 1 saturated carbocycles. The van der Waals surface area contributed by atoms with E-state index in [1.54, 1.807) is 0 Å². The van der Waals surface area contributed by atoms with Crippen LogP contribution in [0.25, 0.3) is 10.4 Å². The lowest BCUT2D eigenvalue weighted by molar-refractivity contribution is -0.132. The third-order valence-corrected chi connectivity index (χ3v) is 3.42. The van der Waals surface area contributed by atoms with E-state index in [0.29, 0.717) is 25.1 Å². The zero-order chi connectivity index (χ0) is 11.4. The molecule has 2 fully saturated rings. The molecule has 1 aliphatic heterocycles. The minimum Gasteiger partial charge on any atom is -0.379 e. The molecule has 88 valence electrons. The summed E-state index contributed by atoms with van der Waals surface area (Å²) >= 11 is 0. The number of azide groups is 1. The number of fused-ring (bicyclic) bond motifs is 1. The van der Waals surface area contributed by atoms with Gasteiger partial charge in [-0.3, -0.25) is 4.79 Å². The van der Waals surface area contributed by atoms with Gasteiger partial charge in [0.05, 0.1) is 13.2 Å². The molecule has 1 amide bonds. The van der Waals surface area contributed by atoms with Crippen LogP contribution in [0.15, 0.2) is 5.11 Å². The Labute approximate surface area is 94.2 Å². The van der Waals surface area contributed by atoms with E-state index < -0.39 is 0 Å². The SMILES string of the molecule is [N-]=[N+]=NCC(=O)N1CCOC[C@H]2CCC[C@@H]21. The number of rotatable bonds is 2. The van der Waals surface area contributed by atoms with E-state index in [9.17, 15) is 4.79 Å². The summed E-state index contributed by atoms with van der Waals surface area (Å²) in [5.74, 6) is 0.401. The fraction of sp³-hybridized carbons (Fsp3) is 0.900. The molecule has 0 spiro atoms. The second kappa shape index (κ2) is 5.18. The molecule has 1 heterocycles. The van der Waals surface area contributed by atoms with Crippen LogP contribution in [0.5, 0.6) is 0 Å². The second-order valence-electron chi connectivity index (χ2n) is 4.31. The molecule has 0 aromatic rings. The number of hydrogen-bond donors (Lipinski definition) is 0. The van der Waals surface area contributed by atoms with Crippen molar-refractivity contribution in [3.05, 3.63) is 10.4 Å². The molecular weight excluding hydrogens is 208 g/mol. The first-order chi connectivity index (χ1) is 7.83. The fourth-order valence-electron chi connectivity index (χ4n) is 2.68. The Morgan fingerprint density at radius 1 is 1.56 bits per heavy atom. The highest BCUT2D eigenvalue weighted by Gasteiger charge is 2.35. The number of amides is 1. The van der Waals surface area contributed by atoms with Gasteiger partial charge < -0.3 is 9.64 Å². The third kappa shape index (κ3) is 2.28. The quantitative estimate of drug-likeness (QED) is 0.403. The van der Waals surface area contributed by atoms with Crippen molar-refractivity contribution in [3.63, 3.8) is 0 Å². The summed E-state index contributed by atoms with van der Waals surface area (Å²) in [5.41, 5.74) is 8.22. The molecule has 2 atom stereocenters. The predicted molar refractivity (Wildman–Crippen MR) is 57.7 cm³/mol. The van der Waals surface area contributed by atoms with Crippen LogP contribution in [0, 0.1) is 5.92 Å². The Bertz CT molecular complexity index is 314. The van der Waals surface area contributed by atoms with Gasteiger partial charge in [0.2, 0.25) is 5.91 Å². The lowest BCUT2D eigenvalue weighted by Crippen LogP contribution is -2.43. The standard InChI is InChI=1S/C10H16N4O2/c11-13-12-6-10(15)14-4-5-16-7-8-2-1-3-9(8)14/h8-9H,1-7H2/t8-,9+/m1/s1. The van der Waals surface area contributed by atoms with Crippen molar-refractivity contribution in [2.45, 2.75) is 25.3 Å². The summed E-state index contributed by atoms with van der Waals surface area (Å²) in [6.07, 6.45) is 3.34. The van der Waals surface area contributed by atoms with Gasteiger partial charge in [-0.1, -0.05) is 11.5 Å². The molecule has 0 N–H and O–H groups in total. The number of ether oxygens (including phenoxy) is 1. The molecule has 16 heavy (non-hydrogen) atoms. The van der Waals surface area contributed by atoms with Crippen molar-refractivity contribution in [1.82, 2.24) is 4.90 Å². The molecule has 0 unspecified atom stereocenters. The topological polar surface area (TPSA) is 78.3 Å². The van der Waals surface area contributed by atoms with Crippen molar-refractivity contribution < 1.29 is 9.53 Å². The van der Waals surface area contributed by atoms with Gasteiger partial charge in [0.15, 0.2) is 0 Å². The molecule has 2 rings (SSSR count). The molecule has 1 aliphatic carbocycles. The van der Waals surface area contributed by atoms with Gasteiger partial charge in [-0.2, -0.15) is 0 Å². The maximum absolute atomic E-state index is 11.9. The zero-order valence-corrected chi connectivity index (χ0v) is 9.21. The highest BCUT2D eigenvalue weighted by molar-refractivity contribution is 5.78. The highest BCUT2D eigenvalue weighted by atomic mass is 16.5. The van der Waals surface area contributed by atoms with Gasteiger partial charge in [0.1, 0.15) is 6.54 Å². The number of carbonyl (C=O) groups excluding carboxylic acids is 1.